The summed E-state index contributed by atoms with van der Waals surface area (Å²) >= 11 is 1.69. The van der Waals surface area contributed by atoms with Gasteiger partial charge in [-0.1, -0.05) is 73.9 Å². The Morgan fingerprint density at radius 1 is 0.735 bits per heavy atom. The first-order chi connectivity index (χ1) is 16.1. The Bertz CT molecular complexity index is 1080. The maximum atomic E-state index is 2.99. The Hall–Kier alpha value is -1.02. The molecule has 0 bridgehead atoms. The van der Waals surface area contributed by atoms with Crippen LogP contribution in [0.4, 0.5) is 0 Å². The number of rotatable bonds is 2. The van der Waals surface area contributed by atoms with Crippen molar-refractivity contribution in [1.29, 1.82) is 0 Å². The van der Waals surface area contributed by atoms with Crippen LogP contribution >= 0.6 is 0 Å². The van der Waals surface area contributed by atoms with E-state index < -0.39 is 16.1 Å². The van der Waals surface area contributed by atoms with E-state index in [1.165, 1.54) is 60.1 Å². The van der Waals surface area contributed by atoms with E-state index in [4.69, 9.17) is 0 Å². The van der Waals surface area contributed by atoms with Gasteiger partial charge in [0.25, 0.3) is 0 Å². The second-order valence-corrected chi connectivity index (χ2v) is 23.7. The van der Waals surface area contributed by atoms with Gasteiger partial charge >= 0.3 is 66.0 Å². The van der Waals surface area contributed by atoms with E-state index in [9.17, 15) is 0 Å². The van der Waals surface area contributed by atoms with Crippen molar-refractivity contribution in [1.82, 2.24) is 0 Å². The molecule has 5 rings (SSSR count). The van der Waals surface area contributed by atoms with Crippen LogP contribution in [0.2, 0.25) is 39.3 Å². The van der Waals surface area contributed by atoms with Crippen molar-refractivity contribution in [3.8, 4) is 0 Å². The van der Waals surface area contributed by atoms with Crippen molar-refractivity contribution in [2.75, 3.05) is 0 Å². The molecule has 0 amide bonds. The number of fused-ring (bicyclic) bond motifs is 3. The minimum atomic E-state index is -1.23. The molecule has 0 spiro atoms. The van der Waals surface area contributed by atoms with Gasteiger partial charge in [0.15, 0.2) is 0 Å². The number of hydrogen-bond donors (Lipinski definition) is 0. The van der Waals surface area contributed by atoms with Crippen molar-refractivity contribution in [3.63, 3.8) is 0 Å². The molecule has 0 unspecified atom stereocenters. The van der Waals surface area contributed by atoms with Crippen LogP contribution in [0.15, 0.2) is 60.7 Å². The van der Waals surface area contributed by atoms with Gasteiger partial charge in [0, 0.05) is 0 Å². The molecule has 0 nitrogen and oxygen atoms in total. The minimum absolute atomic E-state index is 1.01. The molecule has 178 valence electrons. The average Bonchev–Trinajstić information content (AvgIpc) is 3.40. The summed E-state index contributed by atoms with van der Waals surface area (Å²) < 4.78 is 1.81. The predicted octanol–water partition coefficient (Wildman–Crippen LogP) is 8.17. The Balaban J connectivity index is 0.000000202. The molecular formula is C31H42Si2Zr. The fourth-order valence-electron chi connectivity index (χ4n) is 4.45. The van der Waals surface area contributed by atoms with E-state index in [-0.39, 0.29) is 0 Å². The first kappa shape index (κ1) is 27.6. The van der Waals surface area contributed by atoms with Crippen molar-refractivity contribution < 1.29 is 24.2 Å². The van der Waals surface area contributed by atoms with Crippen molar-refractivity contribution in [2.24, 2.45) is 0 Å². The SMILES string of the molecule is C[Si](C)(C)c1ccc2c(c1)[cH-]c1cc([Si](C)(C)C)ccc12.[C-]1=CC=CC1.[Zr+2]=[C]1CCCCCC1. The fraction of sp³-hybridized carbons (Fsp3) is 0.419. The number of allylic oxidation sites excluding steroid dienone is 4. The van der Waals surface area contributed by atoms with Crippen LogP contribution in [0.5, 0.6) is 0 Å². The molecule has 34 heavy (non-hydrogen) atoms. The molecule has 0 aliphatic heterocycles. The zero-order chi connectivity index (χ0) is 24.8. The van der Waals surface area contributed by atoms with Gasteiger partial charge in [-0.2, -0.15) is 6.08 Å². The first-order valence-corrected chi connectivity index (χ1v) is 21.2. The van der Waals surface area contributed by atoms with E-state index in [2.05, 4.69) is 93.9 Å². The number of benzene rings is 2. The summed E-state index contributed by atoms with van der Waals surface area (Å²) in [6.07, 6.45) is 18.8. The van der Waals surface area contributed by atoms with Gasteiger partial charge in [0.2, 0.25) is 0 Å². The van der Waals surface area contributed by atoms with Gasteiger partial charge in [-0.05, 0) is 0 Å². The zero-order valence-corrected chi connectivity index (χ0v) is 26.7. The normalized spacial score (nSPS) is 16.2. The summed E-state index contributed by atoms with van der Waals surface area (Å²) in [5.74, 6) is 0. The second-order valence-electron chi connectivity index (χ2n) is 11.8. The monoisotopic (exact) mass is 560 g/mol. The van der Waals surface area contributed by atoms with Gasteiger partial charge in [0.05, 0.1) is 16.1 Å². The molecule has 1 saturated carbocycles. The Morgan fingerprint density at radius 3 is 1.59 bits per heavy atom. The molecule has 1 fully saturated rings. The summed E-state index contributed by atoms with van der Waals surface area (Å²) in [6, 6.07) is 16.6. The Labute approximate surface area is 225 Å². The van der Waals surface area contributed by atoms with E-state index in [1.807, 2.05) is 15.4 Å². The quantitative estimate of drug-likeness (QED) is 0.168. The summed E-state index contributed by atoms with van der Waals surface area (Å²) in [4.78, 5) is 0. The van der Waals surface area contributed by atoms with Gasteiger partial charge in [-0.15, -0.1) is 46.2 Å². The molecule has 2 aliphatic carbocycles. The van der Waals surface area contributed by atoms with E-state index >= 15 is 0 Å². The van der Waals surface area contributed by atoms with Gasteiger partial charge in [0.1, 0.15) is 0 Å². The maximum absolute atomic E-state index is 2.99. The molecule has 2 aliphatic rings. The predicted molar refractivity (Wildman–Crippen MR) is 157 cm³/mol. The molecule has 3 aromatic carbocycles. The van der Waals surface area contributed by atoms with Crippen LogP contribution in [0, 0.1) is 6.08 Å². The van der Waals surface area contributed by atoms with Gasteiger partial charge < -0.3 is 0 Å². The molecule has 0 atom stereocenters. The molecule has 0 heterocycles. The van der Waals surface area contributed by atoms with Gasteiger partial charge in [-0.25, -0.2) is 12.2 Å². The fourth-order valence-corrected chi connectivity index (χ4v) is 7.66. The molecule has 0 radical (unpaired) electrons. The molecular weight excluding hydrogens is 520 g/mol. The Morgan fingerprint density at radius 2 is 1.24 bits per heavy atom. The molecule has 0 saturated heterocycles. The molecule has 3 aromatic rings. The van der Waals surface area contributed by atoms with Crippen LogP contribution in [0.25, 0.3) is 21.5 Å². The van der Waals surface area contributed by atoms with Crippen molar-refractivity contribution in [3.05, 3.63) is 66.8 Å². The standard InChI is InChI=1S/C19H25Si2.C7H12.C5H5.Zr/c1-20(2,3)16-7-9-18-14(12-16)11-15-13-17(21(4,5)6)8-10-19(15)18;1-2-4-6-7-5-3-1;1-2-4-5-3-1;/h7-13H,1-6H3;1-6H2;1-3H,4H2;/q-1;;-1;+2. The number of hydrogen-bond acceptors (Lipinski definition) is 0. The first-order valence-electron chi connectivity index (χ1n) is 13.0. The van der Waals surface area contributed by atoms with Crippen molar-refractivity contribution >= 4 is 51.3 Å². The summed E-state index contributed by atoms with van der Waals surface area (Å²) in [6.45, 7) is 14.5. The van der Waals surface area contributed by atoms with Gasteiger partial charge in [-0.3, -0.25) is 6.08 Å². The topological polar surface area (TPSA) is 0 Å². The molecule has 0 N–H and O–H groups in total. The van der Waals surface area contributed by atoms with Crippen LogP contribution in [0.3, 0.4) is 0 Å². The third-order valence-corrected chi connectivity index (χ3v) is 12.0. The zero-order valence-electron chi connectivity index (χ0n) is 22.2. The van der Waals surface area contributed by atoms with E-state index in [0.717, 1.165) is 6.42 Å². The van der Waals surface area contributed by atoms with Crippen LogP contribution in [-0.4, -0.2) is 19.4 Å². The van der Waals surface area contributed by atoms with E-state index in [0.29, 0.717) is 0 Å². The van der Waals surface area contributed by atoms with Crippen LogP contribution in [-0.2, 0) is 24.2 Å². The van der Waals surface area contributed by atoms with Crippen LogP contribution < -0.4 is 10.4 Å². The second kappa shape index (κ2) is 12.3. The van der Waals surface area contributed by atoms with E-state index in [1.54, 1.807) is 34.6 Å². The summed E-state index contributed by atoms with van der Waals surface area (Å²) in [5.41, 5.74) is 0. The molecule has 0 aromatic heterocycles. The molecule has 3 heteroatoms. The van der Waals surface area contributed by atoms with Crippen LogP contribution in [0.1, 0.15) is 44.9 Å². The third-order valence-electron chi connectivity index (χ3n) is 6.73. The van der Waals surface area contributed by atoms with Crippen molar-refractivity contribution in [2.45, 2.75) is 84.2 Å². The Kier molecular flexibility index (Phi) is 9.96. The average molecular weight is 562 g/mol. The summed E-state index contributed by atoms with van der Waals surface area (Å²) in [5, 5.41) is 8.75. The third kappa shape index (κ3) is 8.00. The summed E-state index contributed by atoms with van der Waals surface area (Å²) in [7, 11) is -2.47.